The molecule has 8 heteroatoms. The Bertz CT molecular complexity index is 1110. The van der Waals surface area contributed by atoms with Crippen LogP contribution < -0.4 is 10.1 Å². The van der Waals surface area contributed by atoms with Gasteiger partial charge in [-0.1, -0.05) is 17.3 Å². The van der Waals surface area contributed by atoms with Crippen LogP contribution in [0.1, 0.15) is 32.9 Å². The Morgan fingerprint density at radius 2 is 2.10 bits per heavy atom. The second-order valence-corrected chi connectivity index (χ2v) is 6.78. The lowest BCUT2D eigenvalue weighted by Crippen LogP contribution is -2.22. The molecule has 0 unspecified atom stereocenters. The predicted octanol–water partition coefficient (Wildman–Crippen LogP) is 3.38. The average Bonchev–Trinajstić information content (AvgIpc) is 3.42. The summed E-state index contributed by atoms with van der Waals surface area (Å²) in [4.78, 5) is 16.9. The zero-order chi connectivity index (χ0) is 20.9. The lowest BCUT2D eigenvalue weighted by atomic mass is 10.2. The van der Waals surface area contributed by atoms with Crippen molar-refractivity contribution in [2.45, 2.75) is 27.0 Å². The number of amides is 1. The number of carbonyl (C=O) groups is 1. The predicted molar refractivity (Wildman–Crippen MR) is 109 cm³/mol. The number of hydrogen-bond acceptors (Lipinski definition) is 6. The molecule has 0 fully saturated rings. The third-order valence-corrected chi connectivity index (χ3v) is 4.66. The summed E-state index contributed by atoms with van der Waals surface area (Å²) in [5.74, 6) is 1.87. The molecule has 1 N–H and O–H groups in total. The summed E-state index contributed by atoms with van der Waals surface area (Å²) in [5.41, 5.74) is 3.13. The molecule has 8 nitrogen and oxygen atoms in total. The molecular weight excluding hydrogens is 382 g/mol. The number of aryl methyl sites for hydroxylation is 2. The zero-order valence-electron chi connectivity index (χ0n) is 16.7. The number of pyridine rings is 1. The van der Waals surface area contributed by atoms with Crippen LogP contribution in [0.25, 0.3) is 5.82 Å². The summed E-state index contributed by atoms with van der Waals surface area (Å²) in [6, 6.07) is 12.7. The SMILES string of the molecule is Cc1noc(C)c1COc1cccc(C(=O)NCc2ccc(-n3cccn3)nc2)c1. The van der Waals surface area contributed by atoms with Crippen molar-refractivity contribution in [3.63, 3.8) is 0 Å². The maximum absolute atomic E-state index is 12.5. The van der Waals surface area contributed by atoms with E-state index in [0.717, 1.165) is 28.4 Å². The van der Waals surface area contributed by atoms with Gasteiger partial charge in [0.05, 0.1) is 11.3 Å². The quantitative estimate of drug-likeness (QED) is 0.508. The summed E-state index contributed by atoms with van der Waals surface area (Å²) in [5, 5.41) is 11.0. The van der Waals surface area contributed by atoms with Crippen LogP contribution in [0.4, 0.5) is 0 Å². The summed E-state index contributed by atoms with van der Waals surface area (Å²) in [6.07, 6.45) is 5.24. The number of benzene rings is 1. The number of rotatable bonds is 7. The standard InChI is InChI=1S/C22H21N5O3/c1-15-20(16(2)30-26-15)14-29-19-6-3-5-18(11-19)22(28)24-13-17-7-8-21(23-12-17)27-10-4-9-25-27/h3-12H,13-14H2,1-2H3,(H,24,28). The van der Waals surface area contributed by atoms with Crippen LogP contribution in [0.15, 0.2) is 65.6 Å². The largest absolute Gasteiger partial charge is 0.489 e. The number of nitrogens with zero attached hydrogens (tertiary/aromatic N) is 4. The van der Waals surface area contributed by atoms with Gasteiger partial charge in [-0.3, -0.25) is 4.79 Å². The van der Waals surface area contributed by atoms with E-state index in [0.29, 0.717) is 24.5 Å². The van der Waals surface area contributed by atoms with Gasteiger partial charge >= 0.3 is 0 Å². The molecule has 4 rings (SSSR count). The molecule has 3 aromatic heterocycles. The van der Waals surface area contributed by atoms with Gasteiger partial charge in [0, 0.05) is 30.7 Å². The van der Waals surface area contributed by atoms with Crippen LogP contribution in [0, 0.1) is 13.8 Å². The second kappa shape index (κ2) is 8.60. The van der Waals surface area contributed by atoms with E-state index in [2.05, 4.69) is 20.6 Å². The van der Waals surface area contributed by atoms with Gasteiger partial charge in [0.1, 0.15) is 18.1 Å². The van der Waals surface area contributed by atoms with Crippen molar-refractivity contribution in [1.29, 1.82) is 0 Å². The van der Waals surface area contributed by atoms with Crippen LogP contribution in [-0.4, -0.2) is 25.8 Å². The van der Waals surface area contributed by atoms with Crippen molar-refractivity contribution in [1.82, 2.24) is 25.2 Å². The normalized spacial score (nSPS) is 10.7. The molecule has 0 saturated heterocycles. The van der Waals surface area contributed by atoms with Crippen LogP contribution in [0.3, 0.4) is 0 Å². The highest BCUT2D eigenvalue weighted by Gasteiger charge is 2.11. The molecule has 0 spiro atoms. The first-order chi connectivity index (χ1) is 14.6. The van der Waals surface area contributed by atoms with E-state index < -0.39 is 0 Å². The van der Waals surface area contributed by atoms with Crippen LogP contribution in [0.5, 0.6) is 5.75 Å². The van der Waals surface area contributed by atoms with Crippen molar-refractivity contribution >= 4 is 5.91 Å². The third kappa shape index (κ3) is 4.38. The molecule has 0 aliphatic carbocycles. The van der Waals surface area contributed by atoms with E-state index in [9.17, 15) is 4.79 Å². The Morgan fingerprint density at radius 3 is 2.80 bits per heavy atom. The van der Waals surface area contributed by atoms with Crippen LogP contribution >= 0.6 is 0 Å². The van der Waals surface area contributed by atoms with Crippen LogP contribution in [0.2, 0.25) is 0 Å². The summed E-state index contributed by atoms with van der Waals surface area (Å²) in [6.45, 7) is 4.42. The van der Waals surface area contributed by atoms with Crippen molar-refractivity contribution in [3.05, 3.63) is 89.2 Å². The zero-order valence-corrected chi connectivity index (χ0v) is 16.7. The first-order valence-corrected chi connectivity index (χ1v) is 9.48. The minimum Gasteiger partial charge on any atom is -0.489 e. The van der Waals surface area contributed by atoms with E-state index in [1.165, 1.54) is 0 Å². The van der Waals surface area contributed by atoms with Gasteiger partial charge in [-0.05, 0) is 49.7 Å². The fourth-order valence-electron chi connectivity index (χ4n) is 2.94. The molecule has 0 radical (unpaired) electrons. The Balaban J connectivity index is 1.35. The van der Waals surface area contributed by atoms with E-state index >= 15 is 0 Å². The second-order valence-electron chi connectivity index (χ2n) is 6.78. The summed E-state index contributed by atoms with van der Waals surface area (Å²) in [7, 11) is 0. The molecule has 152 valence electrons. The summed E-state index contributed by atoms with van der Waals surface area (Å²) >= 11 is 0. The monoisotopic (exact) mass is 403 g/mol. The van der Waals surface area contributed by atoms with E-state index in [1.54, 1.807) is 35.3 Å². The van der Waals surface area contributed by atoms with Crippen molar-refractivity contribution in [2.24, 2.45) is 0 Å². The van der Waals surface area contributed by atoms with Crippen molar-refractivity contribution in [3.8, 4) is 11.6 Å². The number of nitrogens with one attached hydrogen (secondary N) is 1. The highest BCUT2D eigenvalue weighted by atomic mass is 16.5. The van der Waals surface area contributed by atoms with Gasteiger partial charge in [-0.25, -0.2) is 9.67 Å². The number of aromatic nitrogens is 4. The highest BCUT2D eigenvalue weighted by molar-refractivity contribution is 5.94. The van der Waals surface area contributed by atoms with Gasteiger partial charge in [0.15, 0.2) is 5.82 Å². The maximum Gasteiger partial charge on any atom is 0.251 e. The van der Waals surface area contributed by atoms with Gasteiger partial charge in [-0.15, -0.1) is 0 Å². The molecule has 0 atom stereocenters. The van der Waals surface area contributed by atoms with Gasteiger partial charge in [0.2, 0.25) is 0 Å². The Labute approximate surface area is 173 Å². The Hall–Kier alpha value is -3.94. The maximum atomic E-state index is 12.5. The van der Waals surface area contributed by atoms with Crippen LogP contribution in [-0.2, 0) is 13.2 Å². The first kappa shape index (κ1) is 19.4. The molecule has 0 aliphatic rings. The molecule has 1 amide bonds. The molecule has 1 aromatic carbocycles. The van der Waals surface area contributed by atoms with Gasteiger partial charge in [-0.2, -0.15) is 5.10 Å². The molecule has 0 aliphatic heterocycles. The number of hydrogen-bond donors (Lipinski definition) is 1. The fourth-order valence-corrected chi connectivity index (χ4v) is 2.94. The lowest BCUT2D eigenvalue weighted by molar-refractivity contribution is 0.0950. The van der Waals surface area contributed by atoms with E-state index in [-0.39, 0.29) is 5.91 Å². The number of ether oxygens (including phenoxy) is 1. The van der Waals surface area contributed by atoms with Gasteiger partial charge < -0.3 is 14.6 Å². The topological polar surface area (TPSA) is 95.1 Å². The minimum atomic E-state index is -0.186. The molecule has 30 heavy (non-hydrogen) atoms. The average molecular weight is 403 g/mol. The van der Waals surface area contributed by atoms with Crippen molar-refractivity contribution < 1.29 is 14.1 Å². The van der Waals surface area contributed by atoms with Gasteiger partial charge in [0.25, 0.3) is 5.91 Å². The molecule has 0 bridgehead atoms. The Morgan fingerprint density at radius 1 is 1.20 bits per heavy atom. The lowest BCUT2D eigenvalue weighted by Gasteiger charge is -2.09. The summed E-state index contributed by atoms with van der Waals surface area (Å²) < 4.78 is 12.6. The molecule has 0 saturated carbocycles. The molecule has 3 heterocycles. The minimum absolute atomic E-state index is 0.186. The number of carbonyl (C=O) groups excluding carboxylic acids is 1. The Kier molecular flexibility index (Phi) is 5.56. The molecule has 4 aromatic rings. The van der Waals surface area contributed by atoms with E-state index in [1.807, 2.05) is 44.3 Å². The first-order valence-electron chi connectivity index (χ1n) is 9.48. The smallest absolute Gasteiger partial charge is 0.251 e. The molecular formula is C22H21N5O3. The fraction of sp³-hybridized carbons (Fsp3) is 0.182. The highest BCUT2D eigenvalue weighted by Crippen LogP contribution is 2.18. The van der Waals surface area contributed by atoms with Crippen molar-refractivity contribution in [2.75, 3.05) is 0 Å². The van der Waals surface area contributed by atoms with E-state index in [4.69, 9.17) is 9.26 Å². The third-order valence-electron chi connectivity index (χ3n) is 4.66.